The van der Waals surface area contributed by atoms with Gasteiger partial charge in [0.15, 0.2) is 0 Å². The van der Waals surface area contributed by atoms with Gasteiger partial charge in [0, 0.05) is 11.3 Å². The van der Waals surface area contributed by atoms with Gasteiger partial charge in [-0.1, -0.05) is 19.3 Å². The summed E-state index contributed by atoms with van der Waals surface area (Å²) in [4.78, 5) is 9.63. The van der Waals surface area contributed by atoms with Crippen LogP contribution in [-0.4, -0.2) is 11.5 Å². The maximum atomic E-state index is 9.85. The van der Waals surface area contributed by atoms with Crippen molar-refractivity contribution in [3.8, 4) is 12.8 Å². The van der Waals surface area contributed by atoms with Gasteiger partial charge in [0.2, 0.25) is 6.54 Å². The molecular formula is C8H13NO2. The number of terminal acetylenes is 1. The molecule has 0 aliphatic heterocycles. The van der Waals surface area contributed by atoms with Gasteiger partial charge >= 0.3 is 0 Å². The average Bonchev–Trinajstić information content (AvgIpc) is 1.88. The molecule has 0 spiro atoms. The summed E-state index contributed by atoms with van der Waals surface area (Å²) in [5, 5.41) is 9.85. The van der Waals surface area contributed by atoms with Crippen molar-refractivity contribution in [3.63, 3.8) is 0 Å². The molecule has 0 aromatic carbocycles. The molecule has 0 unspecified atom stereocenters. The molecule has 3 nitrogen and oxygen atoms in total. The summed E-state index contributed by atoms with van der Waals surface area (Å²) in [6.45, 7) is 0.171. The van der Waals surface area contributed by atoms with Crippen LogP contribution in [0.2, 0.25) is 0 Å². The van der Waals surface area contributed by atoms with E-state index >= 15 is 0 Å². The maximum Gasteiger partial charge on any atom is 0.204 e. The molecule has 0 bridgehead atoms. The fourth-order valence-corrected chi connectivity index (χ4v) is 1.07. The Bertz CT molecular complexity index is 138. The Hall–Kier alpha value is -1.04. The van der Waals surface area contributed by atoms with E-state index in [0.29, 0.717) is 5.92 Å². The van der Waals surface area contributed by atoms with Crippen molar-refractivity contribution in [2.24, 2.45) is 5.92 Å². The molecule has 0 radical (unpaired) electrons. The molecule has 1 aliphatic carbocycles. The van der Waals surface area contributed by atoms with Crippen molar-refractivity contribution in [3.05, 3.63) is 10.1 Å². The minimum atomic E-state index is -0.224. The largest absolute Gasteiger partial charge is 0.265 e. The molecule has 0 amide bonds. The van der Waals surface area contributed by atoms with E-state index in [9.17, 15) is 10.1 Å². The Labute approximate surface area is 66.9 Å². The lowest BCUT2D eigenvalue weighted by molar-refractivity contribution is -0.482. The van der Waals surface area contributed by atoms with Gasteiger partial charge in [-0.3, -0.25) is 10.1 Å². The first-order chi connectivity index (χ1) is 5.29. The fraction of sp³-hybridized carbons (Fsp3) is 0.750. The zero-order valence-electron chi connectivity index (χ0n) is 6.53. The van der Waals surface area contributed by atoms with Crippen molar-refractivity contribution >= 4 is 0 Å². The summed E-state index contributed by atoms with van der Waals surface area (Å²) in [5.74, 6) is 0.676. The van der Waals surface area contributed by atoms with Crippen LogP contribution in [0.25, 0.3) is 0 Å². The highest BCUT2D eigenvalue weighted by atomic mass is 16.6. The van der Waals surface area contributed by atoms with Crippen LogP contribution in [-0.2, 0) is 0 Å². The van der Waals surface area contributed by atoms with E-state index in [1.807, 2.05) is 0 Å². The lowest BCUT2D eigenvalue weighted by atomic mass is 9.83. The molecule has 0 atom stereocenters. The van der Waals surface area contributed by atoms with Crippen LogP contribution in [0.1, 0.15) is 25.7 Å². The fourth-order valence-electron chi connectivity index (χ4n) is 1.07. The summed E-state index contributed by atoms with van der Waals surface area (Å²) in [5.41, 5.74) is 0. The Balaban J connectivity index is 0.000000461. The molecule has 1 fully saturated rings. The third kappa shape index (κ3) is 4.38. The van der Waals surface area contributed by atoms with E-state index in [0.717, 1.165) is 6.42 Å². The third-order valence-electron chi connectivity index (χ3n) is 1.94. The van der Waals surface area contributed by atoms with Gasteiger partial charge in [0.1, 0.15) is 0 Å². The second-order valence-electron chi connectivity index (χ2n) is 2.64. The lowest BCUT2D eigenvalue weighted by Crippen LogP contribution is -2.15. The van der Waals surface area contributed by atoms with Crippen molar-refractivity contribution in [1.82, 2.24) is 0 Å². The number of nitrogens with zero attached hydrogens (tertiary/aromatic N) is 1. The standard InChI is InChI=1S/C6H11NO2.C2H2/c8-7(9)5-4-6-2-1-3-6;1-2/h6H,1-5H2;1-2H. The first-order valence-corrected chi connectivity index (χ1v) is 3.74. The van der Waals surface area contributed by atoms with Crippen molar-refractivity contribution < 1.29 is 4.92 Å². The molecule has 11 heavy (non-hydrogen) atoms. The van der Waals surface area contributed by atoms with E-state index in [1.54, 1.807) is 0 Å². The van der Waals surface area contributed by atoms with E-state index in [2.05, 4.69) is 12.8 Å². The monoisotopic (exact) mass is 155 g/mol. The molecule has 0 heterocycles. The van der Waals surface area contributed by atoms with Gasteiger partial charge in [-0.25, -0.2) is 0 Å². The zero-order valence-corrected chi connectivity index (χ0v) is 6.53. The minimum Gasteiger partial charge on any atom is -0.265 e. The highest BCUT2D eigenvalue weighted by Gasteiger charge is 2.18. The highest BCUT2D eigenvalue weighted by Crippen LogP contribution is 2.28. The van der Waals surface area contributed by atoms with Crippen LogP contribution >= 0.6 is 0 Å². The van der Waals surface area contributed by atoms with E-state index < -0.39 is 0 Å². The minimum absolute atomic E-state index is 0.171. The van der Waals surface area contributed by atoms with Crippen LogP contribution in [0.5, 0.6) is 0 Å². The summed E-state index contributed by atoms with van der Waals surface area (Å²) in [6.07, 6.45) is 12.5. The normalized spacial score (nSPS) is 15.8. The van der Waals surface area contributed by atoms with Gasteiger partial charge in [-0.2, -0.15) is 0 Å². The second kappa shape index (κ2) is 5.72. The molecule has 1 saturated carbocycles. The van der Waals surface area contributed by atoms with Gasteiger partial charge in [0.25, 0.3) is 0 Å². The second-order valence-corrected chi connectivity index (χ2v) is 2.64. The summed E-state index contributed by atoms with van der Waals surface area (Å²) < 4.78 is 0. The third-order valence-corrected chi connectivity index (χ3v) is 1.94. The van der Waals surface area contributed by atoms with E-state index in [1.165, 1.54) is 19.3 Å². The Morgan fingerprint density at radius 1 is 1.45 bits per heavy atom. The smallest absolute Gasteiger partial charge is 0.204 e. The average molecular weight is 155 g/mol. The maximum absolute atomic E-state index is 9.85. The van der Waals surface area contributed by atoms with Crippen LogP contribution in [0.15, 0.2) is 0 Å². The van der Waals surface area contributed by atoms with Crippen molar-refractivity contribution in [2.45, 2.75) is 25.7 Å². The van der Waals surface area contributed by atoms with Crippen molar-refractivity contribution in [2.75, 3.05) is 6.54 Å². The first kappa shape index (κ1) is 9.96. The van der Waals surface area contributed by atoms with Crippen LogP contribution < -0.4 is 0 Å². The molecule has 1 rings (SSSR count). The SMILES string of the molecule is C#C.O=[N+]([O-])CCC1CCC1. The van der Waals surface area contributed by atoms with Gasteiger partial charge < -0.3 is 0 Å². The summed E-state index contributed by atoms with van der Waals surface area (Å²) in [7, 11) is 0. The number of rotatable bonds is 3. The van der Waals surface area contributed by atoms with Gasteiger partial charge in [-0.15, -0.1) is 12.8 Å². The van der Waals surface area contributed by atoms with E-state index in [4.69, 9.17) is 0 Å². The number of nitro groups is 1. The predicted molar refractivity (Wildman–Crippen MR) is 43.7 cm³/mol. The topological polar surface area (TPSA) is 43.1 Å². The molecule has 1 aliphatic rings. The molecule has 3 heteroatoms. The van der Waals surface area contributed by atoms with Crippen LogP contribution in [0.3, 0.4) is 0 Å². The highest BCUT2D eigenvalue weighted by molar-refractivity contribution is 4.68. The van der Waals surface area contributed by atoms with Gasteiger partial charge in [0.05, 0.1) is 0 Å². The summed E-state index contributed by atoms with van der Waals surface area (Å²) in [6, 6.07) is 0. The molecule has 0 aromatic rings. The van der Waals surface area contributed by atoms with Crippen LogP contribution in [0, 0.1) is 28.9 Å². The summed E-state index contributed by atoms with van der Waals surface area (Å²) >= 11 is 0. The Morgan fingerprint density at radius 2 is 2.00 bits per heavy atom. The first-order valence-electron chi connectivity index (χ1n) is 3.74. The molecular weight excluding hydrogens is 142 g/mol. The molecule has 62 valence electrons. The predicted octanol–water partition coefficient (Wildman–Crippen LogP) is 1.70. The number of hydrogen-bond donors (Lipinski definition) is 0. The van der Waals surface area contributed by atoms with Crippen LogP contribution in [0.4, 0.5) is 0 Å². The molecule has 0 N–H and O–H groups in total. The van der Waals surface area contributed by atoms with E-state index in [-0.39, 0.29) is 11.5 Å². The molecule has 0 saturated heterocycles. The number of hydrogen-bond acceptors (Lipinski definition) is 2. The van der Waals surface area contributed by atoms with Gasteiger partial charge in [-0.05, 0) is 5.92 Å². The Morgan fingerprint density at radius 3 is 2.27 bits per heavy atom. The molecule has 0 aromatic heterocycles. The Kier molecular flexibility index (Phi) is 5.18. The van der Waals surface area contributed by atoms with Crippen molar-refractivity contribution in [1.29, 1.82) is 0 Å². The zero-order chi connectivity index (χ0) is 8.69. The quantitative estimate of drug-likeness (QED) is 0.353. The lowest BCUT2D eigenvalue weighted by Gasteiger charge is -2.22.